The van der Waals surface area contributed by atoms with Crippen molar-refractivity contribution in [1.82, 2.24) is 20.5 Å². The van der Waals surface area contributed by atoms with Gasteiger partial charge in [-0.05, 0) is 37.4 Å². The van der Waals surface area contributed by atoms with Gasteiger partial charge in [-0.25, -0.2) is 4.79 Å². The molecule has 1 aromatic rings. The highest BCUT2D eigenvalue weighted by molar-refractivity contribution is 5.73. The van der Waals surface area contributed by atoms with Crippen LogP contribution in [-0.2, 0) is 11.2 Å². The first-order chi connectivity index (χ1) is 10.8. The minimum absolute atomic E-state index is 0.110. The van der Waals surface area contributed by atoms with Crippen LogP contribution in [0.1, 0.15) is 18.4 Å². The minimum Gasteiger partial charge on any atom is -0.373 e. The van der Waals surface area contributed by atoms with Crippen LogP contribution in [-0.4, -0.2) is 60.8 Å². The molecule has 0 saturated carbocycles. The third-order valence-corrected chi connectivity index (χ3v) is 4.37. The Bertz CT molecular complexity index is 482. The number of nitrogens with zero attached hydrogens (tertiary/aromatic N) is 2. The van der Waals surface area contributed by atoms with Gasteiger partial charge in [-0.15, -0.1) is 0 Å². The fourth-order valence-corrected chi connectivity index (χ4v) is 3.14. The van der Waals surface area contributed by atoms with Gasteiger partial charge in [0, 0.05) is 38.1 Å². The molecule has 22 heavy (non-hydrogen) atoms. The normalized spacial score (nSPS) is 24.7. The Labute approximate surface area is 131 Å². The Morgan fingerprint density at radius 2 is 2.41 bits per heavy atom. The highest BCUT2D eigenvalue weighted by Crippen LogP contribution is 2.22. The first-order valence-corrected chi connectivity index (χ1v) is 8.07. The maximum Gasteiger partial charge on any atom is 0.314 e. The van der Waals surface area contributed by atoms with Gasteiger partial charge in [-0.2, -0.15) is 0 Å². The van der Waals surface area contributed by atoms with E-state index in [1.165, 1.54) is 19.4 Å². The molecule has 0 spiro atoms. The zero-order valence-electron chi connectivity index (χ0n) is 12.8. The maximum atomic E-state index is 11.8. The molecule has 3 rings (SSSR count). The van der Waals surface area contributed by atoms with Crippen molar-refractivity contribution in [2.24, 2.45) is 0 Å². The molecule has 120 valence electrons. The number of hydrogen-bond donors (Lipinski definition) is 2. The number of carbonyl (C=O) groups is 1. The monoisotopic (exact) mass is 304 g/mol. The first-order valence-electron chi connectivity index (χ1n) is 8.07. The second-order valence-corrected chi connectivity index (χ2v) is 5.99. The van der Waals surface area contributed by atoms with Crippen molar-refractivity contribution in [3.05, 3.63) is 30.1 Å². The number of hydrogen-bond acceptors (Lipinski definition) is 4. The molecule has 6 nitrogen and oxygen atoms in total. The summed E-state index contributed by atoms with van der Waals surface area (Å²) in [4.78, 5) is 18.3. The van der Waals surface area contributed by atoms with E-state index >= 15 is 0 Å². The number of rotatable bonds is 5. The van der Waals surface area contributed by atoms with Crippen molar-refractivity contribution in [2.75, 3.05) is 32.8 Å². The maximum absolute atomic E-state index is 11.8. The van der Waals surface area contributed by atoms with Crippen molar-refractivity contribution in [3.8, 4) is 0 Å². The van der Waals surface area contributed by atoms with E-state index in [-0.39, 0.29) is 12.1 Å². The van der Waals surface area contributed by atoms with Crippen LogP contribution in [0.5, 0.6) is 0 Å². The number of urea groups is 1. The van der Waals surface area contributed by atoms with E-state index in [1.54, 1.807) is 6.20 Å². The molecule has 2 fully saturated rings. The lowest BCUT2D eigenvalue weighted by Gasteiger charge is -2.35. The van der Waals surface area contributed by atoms with Crippen LogP contribution >= 0.6 is 0 Å². The lowest BCUT2D eigenvalue weighted by Crippen LogP contribution is -2.51. The van der Waals surface area contributed by atoms with E-state index in [0.29, 0.717) is 19.1 Å². The van der Waals surface area contributed by atoms with Gasteiger partial charge in [0.2, 0.25) is 0 Å². The average molecular weight is 304 g/mol. The lowest BCUT2D eigenvalue weighted by atomic mass is 10.2. The van der Waals surface area contributed by atoms with Crippen molar-refractivity contribution >= 4 is 6.03 Å². The van der Waals surface area contributed by atoms with Crippen molar-refractivity contribution in [3.63, 3.8) is 0 Å². The average Bonchev–Trinajstić information content (AvgIpc) is 3.01. The number of ether oxygens (including phenoxy) is 1. The molecule has 2 saturated heterocycles. The Hall–Kier alpha value is -1.66. The van der Waals surface area contributed by atoms with Gasteiger partial charge in [-0.1, -0.05) is 6.07 Å². The SMILES string of the molecule is O=C(NCCc1cccnc1)NC[C@H]1CN2CCC[C@@H]2CO1. The number of morpholine rings is 1. The smallest absolute Gasteiger partial charge is 0.314 e. The molecule has 2 N–H and O–H groups in total. The molecule has 2 aliphatic rings. The quantitative estimate of drug-likeness (QED) is 0.844. The second kappa shape index (κ2) is 7.56. The molecule has 1 aromatic heterocycles. The molecule has 2 atom stereocenters. The molecule has 2 amide bonds. The summed E-state index contributed by atoms with van der Waals surface area (Å²) in [5, 5.41) is 5.77. The molecule has 0 unspecified atom stereocenters. The molecule has 0 aliphatic carbocycles. The Morgan fingerprint density at radius 1 is 1.45 bits per heavy atom. The van der Waals surface area contributed by atoms with Gasteiger partial charge in [0.05, 0.1) is 12.7 Å². The van der Waals surface area contributed by atoms with Gasteiger partial charge in [0.25, 0.3) is 0 Å². The Morgan fingerprint density at radius 3 is 3.27 bits per heavy atom. The van der Waals surface area contributed by atoms with E-state index in [9.17, 15) is 4.79 Å². The van der Waals surface area contributed by atoms with Crippen LogP contribution in [0.25, 0.3) is 0 Å². The number of fused-ring (bicyclic) bond motifs is 1. The van der Waals surface area contributed by atoms with Crippen LogP contribution in [0.3, 0.4) is 0 Å². The fraction of sp³-hybridized carbons (Fsp3) is 0.625. The lowest BCUT2D eigenvalue weighted by molar-refractivity contribution is -0.0457. The highest BCUT2D eigenvalue weighted by atomic mass is 16.5. The van der Waals surface area contributed by atoms with Crippen molar-refractivity contribution < 1.29 is 9.53 Å². The van der Waals surface area contributed by atoms with Gasteiger partial charge < -0.3 is 15.4 Å². The molecule has 2 aliphatic heterocycles. The number of amides is 2. The summed E-state index contributed by atoms with van der Waals surface area (Å²) >= 11 is 0. The second-order valence-electron chi connectivity index (χ2n) is 5.99. The van der Waals surface area contributed by atoms with Crippen molar-refractivity contribution in [2.45, 2.75) is 31.4 Å². The summed E-state index contributed by atoms with van der Waals surface area (Å²) in [6.45, 7) is 4.08. The third kappa shape index (κ3) is 4.18. The number of carbonyl (C=O) groups excluding carboxylic acids is 1. The topological polar surface area (TPSA) is 66.5 Å². The van der Waals surface area contributed by atoms with E-state index in [0.717, 1.165) is 25.1 Å². The van der Waals surface area contributed by atoms with Crippen LogP contribution in [0.2, 0.25) is 0 Å². The molecule has 0 aromatic carbocycles. The van der Waals surface area contributed by atoms with E-state index < -0.39 is 0 Å². The molecular weight excluding hydrogens is 280 g/mol. The summed E-state index contributed by atoms with van der Waals surface area (Å²) in [5.41, 5.74) is 1.12. The molecule has 3 heterocycles. The Kier molecular flexibility index (Phi) is 5.24. The summed E-state index contributed by atoms with van der Waals surface area (Å²) in [5.74, 6) is 0. The predicted octanol–water partition coefficient (Wildman–Crippen LogP) is 0.786. The van der Waals surface area contributed by atoms with Gasteiger partial charge in [0.1, 0.15) is 0 Å². The summed E-state index contributed by atoms with van der Waals surface area (Å²) in [6.07, 6.45) is 6.98. The number of aromatic nitrogens is 1. The van der Waals surface area contributed by atoms with E-state index in [1.807, 2.05) is 18.3 Å². The minimum atomic E-state index is -0.129. The van der Waals surface area contributed by atoms with Crippen LogP contribution in [0.15, 0.2) is 24.5 Å². The van der Waals surface area contributed by atoms with Gasteiger partial charge >= 0.3 is 6.03 Å². The molecule has 0 radical (unpaired) electrons. The third-order valence-electron chi connectivity index (χ3n) is 4.37. The summed E-state index contributed by atoms with van der Waals surface area (Å²) in [6, 6.07) is 4.39. The largest absolute Gasteiger partial charge is 0.373 e. The zero-order chi connectivity index (χ0) is 15.2. The molecule has 0 bridgehead atoms. The predicted molar refractivity (Wildman–Crippen MR) is 83.7 cm³/mol. The van der Waals surface area contributed by atoms with Crippen molar-refractivity contribution in [1.29, 1.82) is 0 Å². The Balaban J connectivity index is 1.31. The number of nitrogens with one attached hydrogen (secondary N) is 2. The van der Waals surface area contributed by atoms with E-state index in [2.05, 4.69) is 20.5 Å². The molecular formula is C16H24N4O2. The van der Waals surface area contributed by atoms with Crippen LogP contribution in [0.4, 0.5) is 4.79 Å². The first kappa shape index (κ1) is 15.2. The summed E-state index contributed by atoms with van der Waals surface area (Å²) in [7, 11) is 0. The van der Waals surface area contributed by atoms with Gasteiger partial charge in [0.15, 0.2) is 0 Å². The zero-order valence-corrected chi connectivity index (χ0v) is 12.8. The summed E-state index contributed by atoms with van der Waals surface area (Å²) < 4.78 is 5.82. The standard InChI is InChI=1S/C16H24N4O2/c21-16(18-7-5-13-3-1-6-17-9-13)19-10-15-11-20-8-2-4-14(20)12-22-15/h1,3,6,9,14-15H,2,4-5,7-8,10-12H2,(H2,18,19,21)/t14-,15+/m1/s1. The fourth-order valence-electron chi connectivity index (χ4n) is 3.14. The molecule has 6 heteroatoms. The number of pyridine rings is 1. The van der Waals surface area contributed by atoms with Crippen LogP contribution < -0.4 is 10.6 Å². The van der Waals surface area contributed by atoms with Crippen LogP contribution in [0, 0.1) is 0 Å². The highest BCUT2D eigenvalue weighted by Gasteiger charge is 2.32. The van der Waals surface area contributed by atoms with Gasteiger partial charge in [-0.3, -0.25) is 9.88 Å². The van der Waals surface area contributed by atoms with E-state index in [4.69, 9.17) is 4.74 Å².